The van der Waals surface area contributed by atoms with Gasteiger partial charge in [-0.1, -0.05) is 13.3 Å². The van der Waals surface area contributed by atoms with Crippen LogP contribution >= 0.6 is 0 Å². The van der Waals surface area contributed by atoms with Crippen molar-refractivity contribution in [2.45, 2.75) is 26.2 Å². The minimum absolute atomic E-state index is 0.332. The molecule has 1 heterocycles. The predicted molar refractivity (Wildman–Crippen MR) is 49.0 cm³/mol. The molecule has 0 atom stereocenters. The molecule has 1 aliphatic heterocycles. The van der Waals surface area contributed by atoms with Crippen LogP contribution in [-0.4, -0.2) is 36.2 Å². The molecule has 2 rings (SSSR count). The van der Waals surface area contributed by atoms with Gasteiger partial charge in [0.05, 0.1) is 0 Å². The van der Waals surface area contributed by atoms with Gasteiger partial charge in [0.2, 0.25) is 0 Å². The monoisotopic (exact) mass is 169 g/mol. The second-order valence-corrected chi connectivity index (χ2v) is 4.63. The van der Waals surface area contributed by atoms with Crippen LogP contribution in [0, 0.1) is 11.3 Å². The lowest BCUT2D eigenvalue weighted by Gasteiger charge is -2.40. The molecule has 2 nitrogen and oxygen atoms in total. The Labute approximate surface area is 74.6 Å². The van der Waals surface area contributed by atoms with Crippen molar-refractivity contribution in [1.82, 2.24) is 4.90 Å². The molecule has 1 saturated heterocycles. The molecule has 2 aliphatic rings. The Morgan fingerprint density at radius 1 is 1.42 bits per heavy atom. The Kier molecular flexibility index (Phi) is 2.13. The van der Waals surface area contributed by atoms with Crippen molar-refractivity contribution in [3.63, 3.8) is 0 Å². The summed E-state index contributed by atoms with van der Waals surface area (Å²) in [6.07, 6.45) is 3.82. The zero-order valence-corrected chi connectivity index (χ0v) is 7.92. The summed E-state index contributed by atoms with van der Waals surface area (Å²) in [6, 6.07) is 0. The zero-order chi connectivity index (χ0) is 8.60. The lowest BCUT2D eigenvalue weighted by atomic mass is 9.95. The van der Waals surface area contributed by atoms with Gasteiger partial charge in [-0.2, -0.15) is 0 Å². The summed E-state index contributed by atoms with van der Waals surface area (Å²) in [5.74, 6) is 0.944. The summed E-state index contributed by atoms with van der Waals surface area (Å²) >= 11 is 0. The molecule has 2 heteroatoms. The van der Waals surface area contributed by atoms with E-state index in [1.807, 2.05) is 0 Å². The molecule has 2 fully saturated rings. The van der Waals surface area contributed by atoms with Crippen LogP contribution in [0.15, 0.2) is 0 Å². The van der Waals surface area contributed by atoms with Crippen LogP contribution in [0.5, 0.6) is 0 Å². The Balaban J connectivity index is 1.69. The molecule has 0 aromatic rings. The van der Waals surface area contributed by atoms with Crippen LogP contribution in [0.3, 0.4) is 0 Å². The van der Waals surface area contributed by atoms with E-state index in [0.717, 1.165) is 12.5 Å². The van der Waals surface area contributed by atoms with Crippen LogP contribution in [0.25, 0.3) is 0 Å². The van der Waals surface area contributed by atoms with Crippen LogP contribution < -0.4 is 0 Å². The van der Waals surface area contributed by atoms with E-state index in [2.05, 4.69) is 11.8 Å². The maximum atomic E-state index is 9.12. The molecule has 12 heavy (non-hydrogen) atoms. The third-order valence-corrected chi connectivity index (χ3v) is 3.46. The van der Waals surface area contributed by atoms with Crippen molar-refractivity contribution in [1.29, 1.82) is 0 Å². The SMILES string of the molecule is CCC1CN(CC2(CO)CC2)C1. The van der Waals surface area contributed by atoms with Gasteiger partial charge < -0.3 is 10.0 Å². The molecule has 0 radical (unpaired) electrons. The Hall–Kier alpha value is -0.0800. The van der Waals surface area contributed by atoms with Crippen molar-refractivity contribution in [2.75, 3.05) is 26.2 Å². The number of nitrogens with zero attached hydrogens (tertiary/aromatic N) is 1. The third kappa shape index (κ3) is 1.50. The molecule has 0 unspecified atom stereocenters. The zero-order valence-electron chi connectivity index (χ0n) is 7.92. The quantitative estimate of drug-likeness (QED) is 0.681. The number of aliphatic hydroxyl groups is 1. The highest BCUT2D eigenvalue weighted by molar-refractivity contribution is 4.97. The van der Waals surface area contributed by atoms with Crippen molar-refractivity contribution >= 4 is 0 Å². The number of aliphatic hydroxyl groups excluding tert-OH is 1. The molecule has 1 aliphatic carbocycles. The van der Waals surface area contributed by atoms with Crippen LogP contribution in [0.1, 0.15) is 26.2 Å². The van der Waals surface area contributed by atoms with Gasteiger partial charge in [-0.15, -0.1) is 0 Å². The van der Waals surface area contributed by atoms with Crippen molar-refractivity contribution < 1.29 is 5.11 Å². The van der Waals surface area contributed by atoms with E-state index in [1.165, 1.54) is 32.4 Å². The molecule has 1 N–H and O–H groups in total. The molecule has 0 aromatic heterocycles. The molecule has 1 saturated carbocycles. The fourth-order valence-corrected chi connectivity index (χ4v) is 2.08. The number of hydrogen-bond donors (Lipinski definition) is 1. The van der Waals surface area contributed by atoms with Gasteiger partial charge in [0.1, 0.15) is 0 Å². The molecule has 0 aromatic carbocycles. The summed E-state index contributed by atoms with van der Waals surface area (Å²) in [5.41, 5.74) is 0.332. The van der Waals surface area contributed by atoms with Crippen molar-refractivity contribution in [3.05, 3.63) is 0 Å². The van der Waals surface area contributed by atoms with Crippen LogP contribution in [-0.2, 0) is 0 Å². The highest BCUT2D eigenvalue weighted by Crippen LogP contribution is 2.46. The first-order chi connectivity index (χ1) is 5.78. The van der Waals surface area contributed by atoms with E-state index >= 15 is 0 Å². The standard InChI is InChI=1S/C10H19NO/c1-2-9-5-11(6-9)7-10(8-12)3-4-10/h9,12H,2-8H2,1H3. The average molecular weight is 169 g/mol. The number of likely N-dealkylation sites (tertiary alicyclic amines) is 1. The first-order valence-electron chi connectivity index (χ1n) is 5.11. The normalized spacial score (nSPS) is 28.5. The van der Waals surface area contributed by atoms with Gasteiger partial charge in [-0.05, 0) is 18.8 Å². The van der Waals surface area contributed by atoms with Crippen molar-refractivity contribution in [3.8, 4) is 0 Å². The van der Waals surface area contributed by atoms with Crippen molar-refractivity contribution in [2.24, 2.45) is 11.3 Å². The van der Waals surface area contributed by atoms with Crippen LogP contribution in [0.4, 0.5) is 0 Å². The summed E-state index contributed by atoms with van der Waals surface area (Å²) in [7, 11) is 0. The fourth-order valence-electron chi connectivity index (χ4n) is 2.08. The fraction of sp³-hybridized carbons (Fsp3) is 1.00. The number of rotatable bonds is 4. The summed E-state index contributed by atoms with van der Waals surface area (Å²) in [4.78, 5) is 2.50. The van der Waals surface area contributed by atoms with E-state index in [1.54, 1.807) is 0 Å². The first kappa shape index (κ1) is 8.52. The maximum absolute atomic E-state index is 9.12. The molecule has 0 spiro atoms. The summed E-state index contributed by atoms with van der Waals surface area (Å²) < 4.78 is 0. The second kappa shape index (κ2) is 3.00. The highest BCUT2D eigenvalue weighted by atomic mass is 16.3. The lowest BCUT2D eigenvalue weighted by molar-refractivity contribution is 0.0561. The van der Waals surface area contributed by atoms with Gasteiger partial charge in [0.25, 0.3) is 0 Å². The molecule has 0 bridgehead atoms. The predicted octanol–water partition coefficient (Wildman–Crippen LogP) is 1.10. The van der Waals surface area contributed by atoms with E-state index in [-0.39, 0.29) is 0 Å². The second-order valence-electron chi connectivity index (χ2n) is 4.63. The first-order valence-corrected chi connectivity index (χ1v) is 5.11. The molecular formula is C10H19NO. The average Bonchev–Trinajstić information content (AvgIpc) is 2.77. The Morgan fingerprint density at radius 3 is 2.50 bits per heavy atom. The Bertz CT molecular complexity index is 159. The van der Waals surface area contributed by atoms with E-state index in [0.29, 0.717) is 12.0 Å². The third-order valence-electron chi connectivity index (χ3n) is 3.46. The lowest BCUT2D eigenvalue weighted by Crippen LogP contribution is -2.49. The molecule has 0 amide bonds. The van der Waals surface area contributed by atoms with E-state index in [4.69, 9.17) is 5.11 Å². The van der Waals surface area contributed by atoms with Gasteiger partial charge in [-0.3, -0.25) is 0 Å². The Morgan fingerprint density at radius 2 is 2.08 bits per heavy atom. The van der Waals surface area contributed by atoms with Gasteiger partial charge in [0, 0.05) is 31.7 Å². The van der Waals surface area contributed by atoms with Gasteiger partial charge >= 0.3 is 0 Å². The maximum Gasteiger partial charge on any atom is 0.0499 e. The number of hydrogen-bond acceptors (Lipinski definition) is 2. The summed E-state index contributed by atoms with van der Waals surface area (Å²) in [5, 5.41) is 9.12. The molecule has 70 valence electrons. The molecular weight excluding hydrogens is 150 g/mol. The highest BCUT2D eigenvalue weighted by Gasteiger charge is 2.44. The minimum Gasteiger partial charge on any atom is -0.396 e. The van der Waals surface area contributed by atoms with Gasteiger partial charge in [-0.25, -0.2) is 0 Å². The largest absolute Gasteiger partial charge is 0.396 e. The summed E-state index contributed by atoms with van der Waals surface area (Å²) in [6.45, 7) is 6.37. The van der Waals surface area contributed by atoms with Gasteiger partial charge in [0.15, 0.2) is 0 Å². The van der Waals surface area contributed by atoms with E-state index in [9.17, 15) is 0 Å². The smallest absolute Gasteiger partial charge is 0.0499 e. The topological polar surface area (TPSA) is 23.5 Å². The minimum atomic E-state index is 0.332. The van der Waals surface area contributed by atoms with E-state index < -0.39 is 0 Å². The van der Waals surface area contributed by atoms with Crippen LogP contribution in [0.2, 0.25) is 0 Å².